The second-order valence-corrected chi connectivity index (χ2v) is 11.6. The highest BCUT2D eigenvalue weighted by Gasteiger charge is 2.34. The van der Waals surface area contributed by atoms with Gasteiger partial charge in [-0.25, -0.2) is 0 Å². The van der Waals surface area contributed by atoms with E-state index in [-0.39, 0.29) is 52.3 Å². The van der Waals surface area contributed by atoms with Gasteiger partial charge in [-0.1, -0.05) is 38.3 Å². The number of guanidine groups is 1. The lowest BCUT2D eigenvalue weighted by atomic mass is 9.82. The van der Waals surface area contributed by atoms with Crippen molar-refractivity contribution in [1.29, 1.82) is 0 Å². The summed E-state index contributed by atoms with van der Waals surface area (Å²) in [5.74, 6) is -0.690. The first kappa shape index (κ1) is 25.3. The predicted octanol–water partition coefficient (Wildman–Crippen LogP) is 1.50. The summed E-state index contributed by atoms with van der Waals surface area (Å²) in [5.41, 5.74) is 0. The van der Waals surface area contributed by atoms with Crippen LogP contribution in [0.4, 0.5) is 0 Å². The van der Waals surface area contributed by atoms with Crippen molar-refractivity contribution in [3.63, 3.8) is 0 Å². The number of hydrogen-bond donors (Lipinski definition) is 5. The number of alkyl halides is 2. The second kappa shape index (κ2) is 12.2. The minimum absolute atomic E-state index is 0.0607. The number of amides is 2. The lowest BCUT2D eigenvalue weighted by Gasteiger charge is -2.35. The molecule has 3 aliphatic rings. The number of carbonyl (C=O) groups excluding carboxylic acids is 2. The van der Waals surface area contributed by atoms with E-state index in [1.807, 2.05) is 0 Å². The fourth-order valence-electron chi connectivity index (χ4n) is 4.89. The van der Waals surface area contributed by atoms with Crippen molar-refractivity contribution in [2.45, 2.75) is 73.1 Å². The molecule has 1 heterocycles. The van der Waals surface area contributed by atoms with Crippen molar-refractivity contribution in [2.24, 2.45) is 16.8 Å². The molecule has 0 aromatic rings. The summed E-state index contributed by atoms with van der Waals surface area (Å²) >= 11 is 7.26. The van der Waals surface area contributed by atoms with E-state index in [2.05, 4.69) is 58.1 Å². The zero-order valence-corrected chi connectivity index (χ0v) is 21.3. The van der Waals surface area contributed by atoms with Gasteiger partial charge in [-0.3, -0.25) is 19.4 Å². The first-order valence-corrected chi connectivity index (χ1v) is 13.2. The van der Waals surface area contributed by atoms with E-state index < -0.39 is 12.0 Å². The number of hydrogen-bond acceptors (Lipinski definition) is 6. The van der Waals surface area contributed by atoms with Crippen LogP contribution < -0.4 is 21.3 Å². The predicted molar refractivity (Wildman–Crippen MR) is 129 cm³/mol. The Hall–Kier alpha value is -1.36. The van der Waals surface area contributed by atoms with Crippen LogP contribution in [0.2, 0.25) is 0 Å². The Morgan fingerprint density at radius 3 is 2.53 bits per heavy atom. The summed E-state index contributed by atoms with van der Waals surface area (Å²) in [5, 5.41) is 21.5. The molecule has 9 nitrogen and oxygen atoms in total. The minimum Gasteiger partial charge on any atom is -0.481 e. The third-order valence-corrected chi connectivity index (χ3v) is 7.92. The Bertz CT molecular complexity index is 712. The molecule has 5 N–H and O–H groups in total. The number of carboxylic acids is 1. The molecule has 5 atom stereocenters. The molecule has 0 radical (unpaired) electrons. The molecule has 2 amide bonds. The molecule has 0 bridgehead atoms. The van der Waals surface area contributed by atoms with Gasteiger partial charge in [0.05, 0.1) is 19.5 Å². The highest BCUT2D eigenvalue weighted by Crippen LogP contribution is 2.35. The van der Waals surface area contributed by atoms with E-state index >= 15 is 0 Å². The Morgan fingerprint density at radius 2 is 1.88 bits per heavy atom. The molecule has 11 heteroatoms. The van der Waals surface area contributed by atoms with Crippen LogP contribution in [0.15, 0.2) is 4.99 Å². The average molecular weight is 579 g/mol. The molecule has 0 aromatic heterocycles. The molecular formula is C21H33Br2N5O4. The molecule has 3 rings (SSSR count). The van der Waals surface area contributed by atoms with Gasteiger partial charge >= 0.3 is 5.97 Å². The van der Waals surface area contributed by atoms with Crippen LogP contribution in [0.25, 0.3) is 0 Å². The van der Waals surface area contributed by atoms with Crippen LogP contribution in [-0.2, 0) is 14.4 Å². The fourth-order valence-corrected chi connectivity index (χ4v) is 7.26. The van der Waals surface area contributed by atoms with Gasteiger partial charge in [-0.15, -0.1) is 0 Å². The maximum absolute atomic E-state index is 12.7. The van der Waals surface area contributed by atoms with Crippen molar-refractivity contribution in [1.82, 2.24) is 21.3 Å². The molecule has 5 unspecified atom stereocenters. The lowest BCUT2D eigenvalue weighted by molar-refractivity contribution is -0.138. The van der Waals surface area contributed by atoms with E-state index in [0.29, 0.717) is 6.42 Å². The van der Waals surface area contributed by atoms with Crippen molar-refractivity contribution >= 4 is 55.6 Å². The Morgan fingerprint density at radius 1 is 1.12 bits per heavy atom. The third-order valence-electron chi connectivity index (χ3n) is 6.42. The summed E-state index contributed by atoms with van der Waals surface area (Å²) in [6.45, 7) is 1.47. The van der Waals surface area contributed by atoms with E-state index in [4.69, 9.17) is 0 Å². The Balaban J connectivity index is 1.46. The molecule has 0 spiro atoms. The first-order valence-electron chi connectivity index (χ1n) is 11.4. The maximum atomic E-state index is 12.7. The maximum Gasteiger partial charge on any atom is 0.305 e. The Kier molecular flexibility index (Phi) is 9.63. The van der Waals surface area contributed by atoms with E-state index in [9.17, 15) is 19.5 Å². The molecular weight excluding hydrogens is 546 g/mol. The van der Waals surface area contributed by atoms with Crippen molar-refractivity contribution in [3.8, 4) is 0 Å². The first-order chi connectivity index (χ1) is 15.3. The average Bonchev–Trinajstić information content (AvgIpc) is 3.23. The second-order valence-electron chi connectivity index (χ2n) is 9.01. The van der Waals surface area contributed by atoms with Gasteiger partial charge in [-0.05, 0) is 44.4 Å². The van der Waals surface area contributed by atoms with Gasteiger partial charge in [0, 0.05) is 34.2 Å². The standard InChI is InChI=1S/C21H33Br2N5O4/c22-14-6-13(7-15(23)9-14)17(10-19(30)31)28-18(29)11-26-20(32)12-2-1-3-16(8-12)27-21-24-4-5-25-21/h12-17H,1-11H2,(H,26,32)(H,28,29)(H,30,31)(H2,24,25,27). The summed E-state index contributed by atoms with van der Waals surface area (Å²) < 4.78 is 0. The van der Waals surface area contributed by atoms with Crippen LogP contribution in [0.1, 0.15) is 51.4 Å². The van der Waals surface area contributed by atoms with Crippen LogP contribution in [0.5, 0.6) is 0 Å². The summed E-state index contributed by atoms with van der Waals surface area (Å²) in [6.07, 6.45) is 5.91. The molecule has 2 aliphatic carbocycles. The van der Waals surface area contributed by atoms with Crippen LogP contribution in [0, 0.1) is 11.8 Å². The zero-order valence-electron chi connectivity index (χ0n) is 18.1. The van der Waals surface area contributed by atoms with E-state index in [0.717, 1.165) is 57.6 Å². The van der Waals surface area contributed by atoms with Crippen molar-refractivity contribution < 1.29 is 19.5 Å². The minimum atomic E-state index is -0.941. The number of aliphatic carboxylic acids is 1. The molecule has 0 aromatic carbocycles. The van der Waals surface area contributed by atoms with E-state index in [1.165, 1.54) is 0 Å². The molecule has 32 heavy (non-hydrogen) atoms. The summed E-state index contributed by atoms with van der Waals surface area (Å²) in [4.78, 5) is 41.5. The molecule has 2 fully saturated rings. The number of carboxylic acid groups (broad SMARTS) is 1. The van der Waals surface area contributed by atoms with Gasteiger partial charge in [-0.2, -0.15) is 0 Å². The largest absolute Gasteiger partial charge is 0.481 e. The quantitative estimate of drug-likeness (QED) is 0.277. The van der Waals surface area contributed by atoms with Crippen LogP contribution in [-0.4, -0.2) is 70.2 Å². The highest BCUT2D eigenvalue weighted by atomic mass is 79.9. The van der Waals surface area contributed by atoms with Gasteiger partial charge in [0.15, 0.2) is 5.96 Å². The molecule has 0 saturated heterocycles. The monoisotopic (exact) mass is 577 g/mol. The smallest absolute Gasteiger partial charge is 0.305 e. The number of nitrogens with zero attached hydrogens (tertiary/aromatic N) is 1. The van der Waals surface area contributed by atoms with E-state index in [1.54, 1.807) is 0 Å². The number of carbonyl (C=O) groups is 3. The van der Waals surface area contributed by atoms with Crippen LogP contribution >= 0.6 is 31.9 Å². The molecule has 2 saturated carbocycles. The normalized spacial score (nSPS) is 31.1. The number of nitrogens with one attached hydrogen (secondary N) is 4. The van der Waals surface area contributed by atoms with Gasteiger partial charge < -0.3 is 26.4 Å². The van der Waals surface area contributed by atoms with Crippen molar-refractivity contribution in [3.05, 3.63) is 0 Å². The molecule has 180 valence electrons. The highest BCUT2D eigenvalue weighted by molar-refractivity contribution is 9.10. The Labute approximate surface area is 205 Å². The van der Waals surface area contributed by atoms with Gasteiger partial charge in [0.1, 0.15) is 0 Å². The summed E-state index contributed by atoms with van der Waals surface area (Å²) in [6, 6.07) is -0.265. The van der Waals surface area contributed by atoms with Gasteiger partial charge in [0.25, 0.3) is 0 Å². The third kappa shape index (κ3) is 7.90. The fraction of sp³-hybridized carbons (Fsp3) is 0.810. The zero-order chi connectivity index (χ0) is 23.1. The van der Waals surface area contributed by atoms with Crippen molar-refractivity contribution in [2.75, 3.05) is 19.6 Å². The van der Waals surface area contributed by atoms with Gasteiger partial charge in [0.2, 0.25) is 11.8 Å². The molecule has 1 aliphatic heterocycles. The lowest BCUT2D eigenvalue weighted by Crippen LogP contribution is -2.49. The number of halogens is 2. The van der Waals surface area contributed by atoms with Crippen LogP contribution in [0.3, 0.4) is 0 Å². The number of rotatable bonds is 8. The topological polar surface area (TPSA) is 132 Å². The summed E-state index contributed by atoms with van der Waals surface area (Å²) in [7, 11) is 0. The number of aliphatic imine (C=N–C) groups is 1. The SMILES string of the molecule is O=C(O)CC(NC(=O)CNC(=O)C1CCCC(NC2=NCCN2)C1)C1CC(Br)CC(Br)C1.